The molecule has 0 aliphatic heterocycles. The Morgan fingerprint density at radius 2 is 1.00 bits per heavy atom. The van der Waals surface area contributed by atoms with E-state index in [0.717, 1.165) is 0 Å². The molecule has 0 amide bonds. The molecule has 0 aliphatic rings. The van der Waals surface area contributed by atoms with Gasteiger partial charge in [-0.05, 0) is 0 Å². The predicted molar refractivity (Wildman–Crippen MR) is 21.5 cm³/mol. The molecule has 0 spiro atoms. The van der Waals surface area contributed by atoms with Gasteiger partial charge >= 0.3 is 6.16 Å². The first-order valence-electron chi connectivity index (χ1n) is 0.651. The largest absolute Gasteiger partial charge is 0.503 e. The van der Waals surface area contributed by atoms with Gasteiger partial charge in [-0.15, -0.1) is 0 Å². The second-order valence-electron chi connectivity index (χ2n) is 0.283. The van der Waals surface area contributed by atoms with Crippen LogP contribution >= 0.6 is 0 Å². The third-order valence-electron chi connectivity index (χ3n) is 0. The molecule has 0 rings (SSSR count). The maximum absolute atomic E-state index is 8.56. The summed E-state index contributed by atoms with van der Waals surface area (Å²) in [4.78, 5) is 8.56. The van der Waals surface area contributed by atoms with E-state index in [1.165, 1.54) is 0 Å². The Balaban J connectivity index is -0.00000000450. The minimum absolute atomic E-state index is 0. The van der Waals surface area contributed by atoms with Gasteiger partial charge in [-0.3, -0.25) is 0 Å². The van der Waals surface area contributed by atoms with E-state index in [4.69, 9.17) is 15.0 Å². The van der Waals surface area contributed by atoms with Gasteiger partial charge in [0.2, 0.25) is 0 Å². The van der Waals surface area contributed by atoms with E-state index in [2.05, 4.69) is 0 Å². The zero-order chi connectivity index (χ0) is 3.58. The normalized spacial score (nSPS) is 2.67. The second-order valence-corrected chi connectivity index (χ2v) is 0.283. The van der Waals surface area contributed by atoms with Crippen LogP contribution in [0.5, 0.6) is 0 Å². The predicted octanol–water partition coefficient (Wildman–Crippen LogP) is -2.26. The summed E-state index contributed by atoms with van der Waals surface area (Å²) in [5, 5.41) is 13.9. The molecule has 8 N–H and O–H groups in total. The summed E-state index contributed by atoms with van der Waals surface area (Å²) >= 11 is 0. The summed E-state index contributed by atoms with van der Waals surface area (Å²) in [7, 11) is 0. The molecule has 67 valence electrons. The van der Waals surface area contributed by atoms with Gasteiger partial charge in [-0.25, -0.2) is 4.79 Å². The molecule has 0 saturated heterocycles. The molecule has 0 heterocycles. The van der Waals surface area contributed by atoms with Crippen molar-refractivity contribution in [2.45, 2.75) is 0 Å². The van der Waals surface area contributed by atoms with Crippen LogP contribution in [0.2, 0.25) is 0 Å². The maximum Gasteiger partial charge on any atom is 0.503 e. The summed E-state index contributed by atoms with van der Waals surface area (Å²) in [5.41, 5.74) is 0. The van der Waals surface area contributed by atoms with E-state index in [-0.39, 0.29) is 55.9 Å². The van der Waals surface area contributed by atoms with E-state index in [0.29, 0.717) is 0 Å². The van der Waals surface area contributed by atoms with Crippen LogP contribution in [0.4, 0.5) is 4.79 Å². The van der Waals surface area contributed by atoms with Crippen LogP contribution in [0.3, 0.4) is 0 Å². The topological polar surface area (TPSA) is 152 Å². The first-order valence-corrected chi connectivity index (χ1v) is 0.651. The molecule has 0 fully saturated rings. The zero-order valence-corrected chi connectivity index (χ0v) is 6.54. The fraction of sp³-hybridized carbons (Fsp3) is 0. The average Bonchev–Trinajstić information content (AvgIpc) is 0.811. The Kier molecular flexibility index (Phi) is 253. The van der Waals surface area contributed by atoms with Crippen molar-refractivity contribution in [3.05, 3.63) is 0 Å². The van der Waals surface area contributed by atoms with Gasteiger partial charge in [-0.2, -0.15) is 0 Å². The Bertz CT molecular complexity index is 36.0. The van der Waals surface area contributed by atoms with Gasteiger partial charge in [0.05, 0.1) is 0 Å². The first-order chi connectivity index (χ1) is 1.73. The molecule has 0 saturated carbocycles. The fourth-order valence-corrected chi connectivity index (χ4v) is 0. The molecule has 6 nitrogen and oxygen atoms in total. The van der Waals surface area contributed by atoms with Gasteiger partial charge < -0.3 is 26.6 Å². The smallest absolute Gasteiger partial charge is 0.450 e. The minimum atomic E-state index is -1.83. The minimum Gasteiger partial charge on any atom is -0.450 e. The molecule has 0 aromatic heterocycles. The van der Waals surface area contributed by atoms with Crippen LogP contribution in [0.25, 0.3) is 0 Å². The van der Waals surface area contributed by atoms with E-state index in [9.17, 15) is 0 Å². The van der Waals surface area contributed by atoms with E-state index >= 15 is 0 Å². The fourth-order valence-electron chi connectivity index (χ4n) is 0. The van der Waals surface area contributed by atoms with Gasteiger partial charge in [0.15, 0.2) is 0 Å². The summed E-state index contributed by atoms with van der Waals surface area (Å²) in [6.45, 7) is 0. The Morgan fingerprint density at radius 3 is 1.00 bits per heavy atom. The van der Waals surface area contributed by atoms with Gasteiger partial charge in [0.25, 0.3) is 0 Å². The van der Waals surface area contributed by atoms with Crippen molar-refractivity contribution in [3.63, 3.8) is 0 Å². The van der Waals surface area contributed by atoms with Crippen LogP contribution in [0, 0.1) is 0 Å². The van der Waals surface area contributed by atoms with E-state index in [1.807, 2.05) is 0 Å². The molecular formula is CH8AgFeO6. The summed E-state index contributed by atoms with van der Waals surface area (Å²) in [6.07, 6.45) is -1.83. The van der Waals surface area contributed by atoms with Crippen LogP contribution in [0.1, 0.15) is 0 Å². The Hall–Kier alpha value is 0.410. The van der Waals surface area contributed by atoms with Crippen LogP contribution in [-0.4, -0.2) is 32.8 Å². The molecular weight excluding hydrogens is 272 g/mol. The molecule has 8 heteroatoms. The molecule has 0 bridgehead atoms. The summed E-state index contributed by atoms with van der Waals surface area (Å²) < 4.78 is 0. The monoisotopic (exact) mass is 279 g/mol. The standard InChI is InChI=1S/CH2O3.Ag.Fe.3H2O/c2-1(3)4;;;;;/h(H2,2,3,4);;;3*1H2. The van der Waals surface area contributed by atoms with Crippen LogP contribution in [0.15, 0.2) is 0 Å². The third kappa shape index (κ3) is 2060. The summed E-state index contributed by atoms with van der Waals surface area (Å²) in [5.74, 6) is 0. The molecule has 1 radical (unpaired) electrons. The van der Waals surface area contributed by atoms with Gasteiger partial charge in [0.1, 0.15) is 0 Å². The molecule has 9 heavy (non-hydrogen) atoms. The molecule has 0 atom stereocenters. The molecule has 0 aliphatic carbocycles. The van der Waals surface area contributed by atoms with Crippen molar-refractivity contribution < 1.29 is 70.9 Å². The number of hydrogen-bond donors (Lipinski definition) is 2. The van der Waals surface area contributed by atoms with Crippen molar-refractivity contribution >= 4 is 6.16 Å². The van der Waals surface area contributed by atoms with E-state index < -0.39 is 6.16 Å². The molecule has 0 aromatic carbocycles. The van der Waals surface area contributed by atoms with Crippen LogP contribution < -0.4 is 0 Å². The van der Waals surface area contributed by atoms with Crippen molar-refractivity contribution in [1.29, 1.82) is 0 Å². The Morgan fingerprint density at radius 1 is 1.00 bits per heavy atom. The molecule has 0 unspecified atom stereocenters. The summed E-state index contributed by atoms with van der Waals surface area (Å²) in [6, 6.07) is 0. The second kappa shape index (κ2) is 39.7. The van der Waals surface area contributed by atoms with Gasteiger partial charge in [0, 0.05) is 39.4 Å². The number of rotatable bonds is 0. The Labute approximate surface area is 77.2 Å². The van der Waals surface area contributed by atoms with Crippen molar-refractivity contribution in [2.24, 2.45) is 0 Å². The van der Waals surface area contributed by atoms with Crippen molar-refractivity contribution in [1.82, 2.24) is 0 Å². The number of carbonyl (C=O) groups is 1. The zero-order valence-electron chi connectivity index (χ0n) is 3.96. The first kappa shape index (κ1) is 57.2. The van der Waals surface area contributed by atoms with Gasteiger partial charge in [-0.1, -0.05) is 0 Å². The van der Waals surface area contributed by atoms with Crippen molar-refractivity contribution in [2.75, 3.05) is 0 Å². The SMILES string of the molecule is O.O.O.O=C(O)O.[Ag].[Fe]. The third-order valence-corrected chi connectivity index (χ3v) is 0. The number of carboxylic acid groups (broad SMARTS) is 2. The quantitative estimate of drug-likeness (QED) is 0.481. The van der Waals surface area contributed by atoms with E-state index in [1.54, 1.807) is 0 Å². The molecule has 0 aromatic rings. The van der Waals surface area contributed by atoms with Crippen molar-refractivity contribution in [3.8, 4) is 0 Å². The average molecular weight is 280 g/mol. The van der Waals surface area contributed by atoms with Crippen LogP contribution in [-0.2, 0) is 39.4 Å². The number of hydrogen-bond acceptors (Lipinski definition) is 1. The maximum atomic E-state index is 8.56.